The molecular weight excluding hydrogens is 381 g/mol. The number of esters is 1. The molecule has 0 atom stereocenters. The highest BCUT2D eigenvalue weighted by molar-refractivity contribution is 5.95. The van der Waals surface area contributed by atoms with Gasteiger partial charge >= 0.3 is 12.1 Å². The van der Waals surface area contributed by atoms with Gasteiger partial charge in [0.15, 0.2) is 13.2 Å². The topological polar surface area (TPSA) is 108 Å². The lowest BCUT2D eigenvalue weighted by atomic mass is 10.2. The van der Waals surface area contributed by atoms with Crippen molar-refractivity contribution in [3.8, 4) is 5.75 Å². The number of benzene rings is 2. The molecule has 0 spiro atoms. The molecule has 0 fully saturated rings. The van der Waals surface area contributed by atoms with Gasteiger partial charge in [0, 0.05) is 5.69 Å². The average Bonchev–Trinajstić information content (AvgIpc) is 2.64. The quantitative estimate of drug-likeness (QED) is 0.699. The van der Waals surface area contributed by atoms with Crippen LogP contribution in [-0.2, 0) is 20.5 Å². The predicted molar refractivity (Wildman–Crippen MR) is 91.5 cm³/mol. The monoisotopic (exact) mass is 396 g/mol. The van der Waals surface area contributed by atoms with Gasteiger partial charge in [-0.1, -0.05) is 12.1 Å². The van der Waals surface area contributed by atoms with Crippen molar-refractivity contribution in [3.63, 3.8) is 0 Å². The van der Waals surface area contributed by atoms with Gasteiger partial charge < -0.3 is 20.5 Å². The molecule has 28 heavy (non-hydrogen) atoms. The largest absolute Gasteiger partial charge is 0.481 e. The average molecular weight is 396 g/mol. The fourth-order valence-corrected chi connectivity index (χ4v) is 2.06. The molecule has 10 heteroatoms. The summed E-state index contributed by atoms with van der Waals surface area (Å²) in [5.41, 5.74) is 4.51. The number of halogens is 3. The summed E-state index contributed by atoms with van der Waals surface area (Å²) in [6, 6.07) is 9.77. The van der Waals surface area contributed by atoms with Gasteiger partial charge in [0.05, 0.1) is 11.1 Å². The fraction of sp³-hybridized carbons (Fsp3) is 0.167. The third-order valence-electron chi connectivity index (χ3n) is 3.36. The number of nitrogens with one attached hydrogen (secondary N) is 1. The predicted octanol–water partition coefficient (Wildman–Crippen LogP) is 2.37. The highest BCUT2D eigenvalue weighted by Crippen LogP contribution is 2.29. The van der Waals surface area contributed by atoms with E-state index in [0.717, 1.165) is 24.3 Å². The van der Waals surface area contributed by atoms with Crippen LogP contribution in [0.5, 0.6) is 5.75 Å². The Morgan fingerprint density at radius 2 is 1.61 bits per heavy atom. The van der Waals surface area contributed by atoms with Crippen molar-refractivity contribution in [1.82, 2.24) is 0 Å². The molecule has 2 amide bonds. The maximum Gasteiger partial charge on any atom is 0.416 e. The van der Waals surface area contributed by atoms with Crippen LogP contribution >= 0.6 is 0 Å². The van der Waals surface area contributed by atoms with Gasteiger partial charge in [-0.25, -0.2) is 4.79 Å². The summed E-state index contributed by atoms with van der Waals surface area (Å²) in [6.45, 7) is -1.24. The third kappa shape index (κ3) is 6.01. The van der Waals surface area contributed by atoms with E-state index in [0.29, 0.717) is 0 Å². The van der Waals surface area contributed by atoms with E-state index in [1.807, 2.05) is 0 Å². The Hall–Kier alpha value is -3.56. The lowest BCUT2D eigenvalue weighted by molar-refractivity contribution is -0.149. The maximum atomic E-state index is 12.5. The molecule has 0 saturated heterocycles. The minimum absolute atomic E-state index is 0.0790. The van der Waals surface area contributed by atoms with Crippen LogP contribution in [0.4, 0.5) is 18.9 Å². The van der Waals surface area contributed by atoms with Gasteiger partial charge in [0.25, 0.3) is 11.8 Å². The van der Waals surface area contributed by atoms with Crippen LogP contribution < -0.4 is 15.8 Å². The molecule has 3 N–H and O–H groups in total. The van der Waals surface area contributed by atoms with Gasteiger partial charge in [-0.15, -0.1) is 0 Å². The lowest BCUT2D eigenvalue weighted by Gasteiger charge is -2.10. The molecule has 148 valence electrons. The Kier molecular flexibility index (Phi) is 6.59. The Balaban J connectivity index is 1.80. The van der Waals surface area contributed by atoms with Crippen LogP contribution in [0.15, 0.2) is 48.5 Å². The van der Waals surface area contributed by atoms with E-state index in [4.69, 9.17) is 15.2 Å². The minimum atomic E-state index is -4.48. The highest BCUT2D eigenvalue weighted by Gasteiger charge is 2.30. The first-order valence-corrected chi connectivity index (χ1v) is 7.81. The van der Waals surface area contributed by atoms with E-state index in [1.54, 1.807) is 12.1 Å². The number of amides is 2. The number of para-hydroxylation sites is 1. The number of primary amides is 1. The van der Waals surface area contributed by atoms with Crippen molar-refractivity contribution >= 4 is 23.5 Å². The molecule has 0 saturated carbocycles. The van der Waals surface area contributed by atoms with Crippen molar-refractivity contribution in [2.24, 2.45) is 5.73 Å². The Labute approximate surface area is 157 Å². The van der Waals surface area contributed by atoms with E-state index in [-0.39, 0.29) is 17.0 Å². The summed E-state index contributed by atoms with van der Waals surface area (Å²) in [4.78, 5) is 34.6. The summed E-state index contributed by atoms with van der Waals surface area (Å²) in [6.07, 6.45) is -4.48. The molecule has 0 radical (unpaired) electrons. The molecule has 0 aliphatic heterocycles. The van der Waals surface area contributed by atoms with Gasteiger partial charge in [0.2, 0.25) is 0 Å². The van der Waals surface area contributed by atoms with Crippen LogP contribution in [0.25, 0.3) is 0 Å². The van der Waals surface area contributed by atoms with Crippen molar-refractivity contribution in [2.45, 2.75) is 6.18 Å². The number of hydrogen-bond acceptors (Lipinski definition) is 5. The number of rotatable bonds is 7. The molecule has 0 bridgehead atoms. The molecule has 0 heterocycles. The first-order valence-electron chi connectivity index (χ1n) is 7.81. The maximum absolute atomic E-state index is 12.5. The molecule has 0 aliphatic carbocycles. The second-order valence-electron chi connectivity index (χ2n) is 5.43. The molecule has 0 unspecified atom stereocenters. The zero-order valence-corrected chi connectivity index (χ0v) is 14.3. The number of nitrogens with two attached hydrogens (primary N) is 1. The highest BCUT2D eigenvalue weighted by atomic mass is 19.4. The van der Waals surface area contributed by atoms with Crippen LogP contribution in [0.3, 0.4) is 0 Å². The van der Waals surface area contributed by atoms with Gasteiger partial charge in [-0.3, -0.25) is 9.59 Å². The summed E-state index contributed by atoms with van der Waals surface area (Å²) in [7, 11) is 0. The Bertz CT molecular complexity index is 866. The first kappa shape index (κ1) is 20.7. The number of alkyl halides is 3. The number of ether oxygens (including phenoxy) is 2. The fourth-order valence-electron chi connectivity index (χ4n) is 2.06. The molecule has 2 rings (SSSR count). The van der Waals surface area contributed by atoms with Crippen LogP contribution in [0.2, 0.25) is 0 Å². The molecule has 2 aromatic carbocycles. The number of anilines is 1. The van der Waals surface area contributed by atoms with Crippen LogP contribution in [0.1, 0.15) is 15.9 Å². The van der Waals surface area contributed by atoms with E-state index < -0.39 is 42.7 Å². The number of carbonyl (C=O) groups is 3. The molecule has 0 aromatic heterocycles. The lowest BCUT2D eigenvalue weighted by Crippen LogP contribution is -2.24. The third-order valence-corrected chi connectivity index (χ3v) is 3.36. The van der Waals surface area contributed by atoms with E-state index in [1.165, 1.54) is 12.1 Å². The summed E-state index contributed by atoms with van der Waals surface area (Å²) >= 11 is 0. The van der Waals surface area contributed by atoms with Gasteiger partial charge in [0.1, 0.15) is 5.75 Å². The van der Waals surface area contributed by atoms with Gasteiger partial charge in [-0.2, -0.15) is 13.2 Å². The zero-order valence-electron chi connectivity index (χ0n) is 14.3. The van der Waals surface area contributed by atoms with Gasteiger partial charge in [-0.05, 0) is 36.4 Å². The van der Waals surface area contributed by atoms with Crippen LogP contribution in [0, 0.1) is 0 Å². The van der Waals surface area contributed by atoms with E-state index in [9.17, 15) is 27.6 Å². The second-order valence-corrected chi connectivity index (χ2v) is 5.43. The summed E-state index contributed by atoms with van der Waals surface area (Å²) in [5, 5.41) is 2.29. The standard InChI is InChI=1S/C18H15F3N2O5/c19-18(20,21)11-5-7-12(8-6-11)23-15(24)9-28-16(25)10-27-14-4-2-1-3-13(14)17(22)26/h1-8H,9-10H2,(H2,22,26)(H,23,24). The zero-order chi connectivity index (χ0) is 20.7. The molecule has 7 nitrogen and oxygen atoms in total. The van der Waals surface area contributed by atoms with Crippen LogP contribution in [-0.4, -0.2) is 31.0 Å². The number of carbonyl (C=O) groups excluding carboxylic acids is 3. The first-order chi connectivity index (χ1) is 13.2. The summed E-state index contributed by atoms with van der Waals surface area (Å²) in [5.74, 6) is -2.28. The minimum Gasteiger partial charge on any atom is -0.481 e. The van der Waals surface area contributed by atoms with Crippen molar-refractivity contribution in [2.75, 3.05) is 18.5 Å². The van der Waals surface area contributed by atoms with Crippen molar-refractivity contribution in [1.29, 1.82) is 0 Å². The smallest absolute Gasteiger partial charge is 0.416 e. The van der Waals surface area contributed by atoms with Crippen molar-refractivity contribution in [3.05, 3.63) is 59.7 Å². The molecule has 0 aliphatic rings. The Morgan fingerprint density at radius 3 is 2.21 bits per heavy atom. The Morgan fingerprint density at radius 1 is 0.964 bits per heavy atom. The SMILES string of the molecule is NC(=O)c1ccccc1OCC(=O)OCC(=O)Nc1ccc(C(F)(F)F)cc1. The molecule has 2 aromatic rings. The van der Waals surface area contributed by atoms with E-state index in [2.05, 4.69) is 5.32 Å². The van der Waals surface area contributed by atoms with Crippen molar-refractivity contribution < 1.29 is 37.0 Å². The molecular formula is C18H15F3N2O5. The number of hydrogen-bond donors (Lipinski definition) is 2. The second kappa shape index (κ2) is 8.89. The normalized spacial score (nSPS) is 10.8. The summed E-state index contributed by atoms with van der Waals surface area (Å²) < 4.78 is 47.3. The van der Waals surface area contributed by atoms with E-state index >= 15 is 0 Å².